The zero-order valence-corrected chi connectivity index (χ0v) is 18.2. The molecule has 0 spiro atoms. The number of nitrogens with zero attached hydrogens (tertiary/aromatic N) is 2. The van der Waals surface area contributed by atoms with Crippen molar-refractivity contribution in [3.63, 3.8) is 0 Å². The van der Waals surface area contributed by atoms with Crippen LogP contribution in [0, 0.1) is 0 Å². The second kappa shape index (κ2) is 8.31. The highest BCUT2D eigenvalue weighted by Gasteiger charge is 2.31. The molecule has 0 aliphatic carbocycles. The van der Waals surface area contributed by atoms with Gasteiger partial charge in [0.25, 0.3) is 5.91 Å². The molecule has 2 aromatic rings. The molecule has 2 fully saturated rings. The third-order valence-electron chi connectivity index (χ3n) is 6.52. The molecule has 2 aliphatic rings. The number of amides is 1. The molecule has 154 valence electrons. The minimum Gasteiger partial charge on any atom is -0.334 e. The van der Waals surface area contributed by atoms with Crippen molar-refractivity contribution in [1.82, 2.24) is 9.80 Å². The van der Waals surface area contributed by atoms with Crippen LogP contribution < -0.4 is 0 Å². The van der Waals surface area contributed by atoms with Gasteiger partial charge in [-0.3, -0.25) is 4.79 Å². The van der Waals surface area contributed by atoms with E-state index in [-0.39, 0.29) is 11.3 Å². The van der Waals surface area contributed by atoms with Crippen molar-refractivity contribution >= 4 is 5.91 Å². The Hall–Kier alpha value is -2.13. The number of carbonyl (C=O) groups is 1. The molecule has 0 saturated carbocycles. The molecule has 2 saturated heterocycles. The molecule has 4 rings (SSSR count). The summed E-state index contributed by atoms with van der Waals surface area (Å²) < 4.78 is 0. The van der Waals surface area contributed by atoms with Crippen molar-refractivity contribution in [3.8, 4) is 11.1 Å². The van der Waals surface area contributed by atoms with Crippen molar-refractivity contribution in [2.45, 2.75) is 57.9 Å². The summed E-state index contributed by atoms with van der Waals surface area (Å²) in [6.45, 7) is 11.0. The lowest BCUT2D eigenvalue weighted by Crippen LogP contribution is -2.42. The lowest BCUT2D eigenvalue weighted by Gasteiger charge is -2.28. The molecule has 0 bridgehead atoms. The number of carbonyl (C=O) groups excluding carboxylic acids is 1. The summed E-state index contributed by atoms with van der Waals surface area (Å²) in [4.78, 5) is 17.8. The molecule has 0 N–H and O–H groups in total. The highest BCUT2D eigenvalue weighted by molar-refractivity contribution is 5.95. The fourth-order valence-electron chi connectivity index (χ4n) is 4.69. The van der Waals surface area contributed by atoms with Crippen LogP contribution in [-0.2, 0) is 5.41 Å². The predicted octanol–water partition coefficient (Wildman–Crippen LogP) is 5.35. The van der Waals surface area contributed by atoms with Gasteiger partial charge in [-0.05, 0) is 73.0 Å². The van der Waals surface area contributed by atoms with Gasteiger partial charge < -0.3 is 9.80 Å². The second-order valence-electron chi connectivity index (χ2n) is 9.71. The van der Waals surface area contributed by atoms with Crippen LogP contribution in [0.25, 0.3) is 11.1 Å². The first-order chi connectivity index (χ1) is 13.9. The van der Waals surface area contributed by atoms with E-state index in [2.05, 4.69) is 67.0 Å². The molecule has 2 aromatic carbocycles. The van der Waals surface area contributed by atoms with Gasteiger partial charge in [0, 0.05) is 24.7 Å². The predicted molar refractivity (Wildman–Crippen MR) is 120 cm³/mol. The van der Waals surface area contributed by atoms with Crippen LogP contribution in [0.3, 0.4) is 0 Å². The lowest BCUT2D eigenvalue weighted by molar-refractivity contribution is 0.0709. The van der Waals surface area contributed by atoms with E-state index in [0.29, 0.717) is 6.04 Å². The van der Waals surface area contributed by atoms with Gasteiger partial charge in [0.1, 0.15) is 0 Å². The van der Waals surface area contributed by atoms with E-state index < -0.39 is 0 Å². The van der Waals surface area contributed by atoms with Gasteiger partial charge >= 0.3 is 0 Å². The minimum absolute atomic E-state index is 0.163. The Balaban J connectivity index is 1.45. The van der Waals surface area contributed by atoms with Gasteiger partial charge in [0.15, 0.2) is 0 Å². The van der Waals surface area contributed by atoms with Crippen LogP contribution in [0.15, 0.2) is 48.5 Å². The molecule has 2 heterocycles. The summed E-state index contributed by atoms with van der Waals surface area (Å²) >= 11 is 0. The average molecular weight is 391 g/mol. The second-order valence-corrected chi connectivity index (χ2v) is 9.71. The molecular formula is C26H34N2O. The Morgan fingerprint density at radius 1 is 0.862 bits per heavy atom. The summed E-state index contributed by atoms with van der Waals surface area (Å²) in [7, 11) is 0. The van der Waals surface area contributed by atoms with Gasteiger partial charge in [-0.1, -0.05) is 57.2 Å². The van der Waals surface area contributed by atoms with Gasteiger partial charge in [0.2, 0.25) is 0 Å². The van der Waals surface area contributed by atoms with Crippen molar-refractivity contribution in [3.05, 3.63) is 59.7 Å². The van der Waals surface area contributed by atoms with Gasteiger partial charge in [0.05, 0.1) is 0 Å². The maximum atomic E-state index is 13.1. The molecule has 0 radical (unpaired) electrons. The zero-order chi connectivity index (χ0) is 20.4. The van der Waals surface area contributed by atoms with Crippen molar-refractivity contribution in [2.24, 2.45) is 0 Å². The summed E-state index contributed by atoms with van der Waals surface area (Å²) in [5.74, 6) is 0.196. The van der Waals surface area contributed by atoms with Crippen LogP contribution >= 0.6 is 0 Å². The summed E-state index contributed by atoms with van der Waals surface area (Å²) in [6.07, 6.45) is 4.88. The fraction of sp³-hybridized carbons (Fsp3) is 0.500. The molecule has 1 unspecified atom stereocenters. The van der Waals surface area contributed by atoms with Crippen LogP contribution in [-0.4, -0.2) is 47.9 Å². The molecule has 1 atom stereocenters. The zero-order valence-electron chi connectivity index (χ0n) is 18.2. The molecule has 3 nitrogen and oxygen atoms in total. The van der Waals surface area contributed by atoms with Crippen LogP contribution in [0.4, 0.5) is 0 Å². The number of hydrogen-bond acceptors (Lipinski definition) is 2. The summed E-state index contributed by atoms with van der Waals surface area (Å²) in [6, 6.07) is 17.3. The molecule has 1 amide bonds. The van der Waals surface area contributed by atoms with E-state index in [1.54, 1.807) is 0 Å². The highest BCUT2D eigenvalue weighted by Crippen LogP contribution is 2.27. The van der Waals surface area contributed by atoms with E-state index in [9.17, 15) is 4.79 Å². The number of rotatable bonds is 4. The fourth-order valence-corrected chi connectivity index (χ4v) is 4.69. The van der Waals surface area contributed by atoms with Crippen molar-refractivity contribution in [1.29, 1.82) is 0 Å². The Morgan fingerprint density at radius 2 is 1.45 bits per heavy atom. The van der Waals surface area contributed by atoms with Gasteiger partial charge in [-0.15, -0.1) is 0 Å². The highest BCUT2D eigenvalue weighted by atomic mass is 16.2. The van der Waals surface area contributed by atoms with E-state index in [0.717, 1.165) is 37.1 Å². The van der Waals surface area contributed by atoms with Crippen LogP contribution in [0.2, 0.25) is 0 Å². The maximum Gasteiger partial charge on any atom is 0.254 e. The first-order valence-electron chi connectivity index (χ1n) is 11.2. The first kappa shape index (κ1) is 20.2. The topological polar surface area (TPSA) is 23.6 Å². The summed E-state index contributed by atoms with van der Waals surface area (Å²) in [5.41, 5.74) is 4.68. The molecule has 2 aliphatic heterocycles. The third-order valence-corrected chi connectivity index (χ3v) is 6.52. The minimum atomic E-state index is 0.163. The number of hydrogen-bond donors (Lipinski definition) is 0. The molecule has 3 heteroatoms. The normalized spacial score (nSPS) is 20.4. The van der Waals surface area contributed by atoms with E-state index in [1.165, 1.54) is 37.1 Å². The van der Waals surface area contributed by atoms with E-state index in [4.69, 9.17) is 0 Å². The quantitative estimate of drug-likeness (QED) is 0.702. The lowest BCUT2D eigenvalue weighted by atomic mass is 9.86. The maximum absolute atomic E-state index is 13.1. The Kier molecular flexibility index (Phi) is 5.78. The third kappa shape index (κ3) is 4.56. The summed E-state index contributed by atoms with van der Waals surface area (Å²) in [5, 5.41) is 0. The smallest absolute Gasteiger partial charge is 0.254 e. The van der Waals surface area contributed by atoms with Gasteiger partial charge in [-0.2, -0.15) is 0 Å². The number of likely N-dealkylation sites (tertiary alicyclic amines) is 2. The SMILES string of the molecule is CC(C)(C)c1ccc(-c2ccc(C(=O)N3CCCC3CN3CCCC3)cc2)cc1. The standard InChI is InChI=1S/C26H34N2O/c1-26(2,3)23-14-12-21(13-15-23)20-8-10-22(11-9-20)25(29)28-18-6-7-24(28)19-27-16-4-5-17-27/h8-15,24H,4-7,16-19H2,1-3H3. The Bertz CT molecular complexity index is 827. The Morgan fingerprint density at radius 3 is 2.03 bits per heavy atom. The largest absolute Gasteiger partial charge is 0.334 e. The van der Waals surface area contributed by atoms with Crippen molar-refractivity contribution in [2.75, 3.05) is 26.2 Å². The Labute approximate surface area is 175 Å². The monoisotopic (exact) mass is 390 g/mol. The first-order valence-corrected chi connectivity index (χ1v) is 11.2. The average Bonchev–Trinajstić information content (AvgIpc) is 3.39. The molecule has 0 aromatic heterocycles. The van der Waals surface area contributed by atoms with E-state index in [1.807, 2.05) is 12.1 Å². The van der Waals surface area contributed by atoms with Crippen LogP contribution in [0.5, 0.6) is 0 Å². The number of benzene rings is 2. The molecular weight excluding hydrogens is 356 g/mol. The van der Waals surface area contributed by atoms with Gasteiger partial charge in [-0.25, -0.2) is 0 Å². The van der Waals surface area contributed by atoms with Crippen molar-refractivity contribution < 1.29 is 4.79 Å². The van der Waals surface area contributed by atoms with E-state index >= 15 is 0 Å². The molecule has 29 heavy (non-hydrogen) atoms. The van der Waals surface area contributed by atoms with Crippen LogP contribution in [0.1, 0.15) is 62.4 Å².